The van der Waals surface area contributed by atoms with Crippen molar-refractivity contribution < 1.29 is 13.9 Å². The van der Waals surface area contributed by atoms with E-state index in [4.69, 9.17) is 5.73 Å². The lowest BCUT2D eigenvalue weighted by molar-refractivity contribution is 0.0404. The largest absolute Gasteiger partial charge is 0.391 e. The molecule has 0 saturated heterocycles. The fourth-order valence-electron chi connectivity index (χ4n) is 4.06. The maximum atomic E-state index is 14.0. The molecule has 1 aliphatic carbocycles. The number of alkyl halides is 1. The van der Waals surface area contributed by atoms with Gasteiger partial charge in [0.25, 0.3) is 0 Å². The van der Waals surface area contributed by atoms with E-state index in [1.807, 2.05) is 35.0 Å². The van der Waals surface area contributed by atoms with E-state index in [9.17, 15) is 13.9 Å². The van der Waals surface area contributed by atoms with Crippen LogP contribution in [0.25, 0.3) is 16.6 Å². The second-order valence-electron chi connectivity index (χ2n) is 7.96. The van der Waals surface area contributed by atoms with E-state index >= 15 is 0 Å². The van der Waals surface area contributed by atoms with Crippen LogP contribution in [-0.4, -0.2) is 37.8 Å². The first-order valence-corrected chi connectivity index (χ1v) is 10.8. The third-order valence-corrected chi connectivity index (χ3v) is 5.80. The number of halogens is 2. The zero-order valence-corrected chi connectivity index (χ0v) is 17.7. The summed E-state index contributed by atoms with van der Waals surface area (Å²) < 4.78 is 29.8. The maximum absolute atomic E-state index is 14.0. The Hall–Kier alpha value is -2.94. The number of nitrogens with zero attached hydrogens (tertiary/aromatic N) is 3. The lowest BCUT2D eigenvalue weighted by Gasteiger charge is -2.31. The fourth-order valence-corrected chi connectivity index (χ4v) is 4.06. The molecule has 0 aliphatic heterocycles. The van der Waals surface area contributed by atoms with Crippen molar-refractivity contribution in [3.05, 3.63) is 78.1 Å². The minimum absolute atomic E-state index is 0.193. The smallest absolute Gasteiger partial charge is 0.141 e. The van der Waals surface area contributed by atoms with Gasteiger partial charge in [0.05, 0.1) is 17.7 Å². The molecule has 3 aromatic heterocycles. The monoisotopic (exact) mass is 439 g/mol. The van der Waals surface area contributed by atoms with Crippen molar-refractivity contribution in [1.29, 1.82) is 0 Å². The molecular weight excluding hydrogens is 412 g/mol. The Kier molecular flexibility index (Phi) is 7.04. The zero-order valence-electron chi connectivity index (χ0n) is 17.7. The SMILES string of the molecule is NCc1cccn2ccnc12.OC1CCCC(F)C1NCc1cc2cccnc2cc1F. The van der Waals surface area contributed by atoms with Crippen molar-refractivity contribution in [1.82, 2.24) is 19.7 Å². The van der Waals surface area contributed by atoms with Crippen LogP contribution in [-0.2, 0) is 13.1 Å². The number of nitrogens with one attached hydrogen (secondary N) is 1. The molecule has 5 rings (SSSR count). The fraction of sp³-hybridized carbons (Fsp3) is 0.333. The summed E-state index contributed by atoms with van der Waals surface area (Å²) in [4.78, 5) is 8.27. The van der Waals surface area contributed by atoms with Crippen LogP contribution in [0.1, 0.15) is 30.4 Å². The van der Waals surface area contributed by atoms with E-state index < -0.39 is 18.3 Å². The zero-order chi connectivity index (χ0) is 22.5. The Balaban J connectivity index is 0.000000186. The number of rotatable bonds is 4. The highest BCUT2D eigenvalue weighted by Gasteiger charge is 2.31. The number of nitrogens with two attached hydrogens (primary N) is 1. The lowest BCUT2D eigenvalue weighted by atomic mass is 9.90. The molecule has 1 fully saturated rings. The van der Waals surface area contributed by atoms with E-state index in [0.717, 1.165) is 16.6 Å². The normalized spacial score (nSPS) is 20.8. The lowest BCUT2D eigenvalue weighted by Crippen LogP contribution is -2.49. The van der Waals surface area contributed by atoms with Crippen LogP contribution < -0.4 is 11.1 Å². The van der Waals surface area contributed by atoms with Gasteiger partial charge in [-0.05, 0) is 37.5 Å². The van der Waals surface area contributed by atoms with Gasteiger partial charge in [0.1, 0.15) is 17.6 Å². The van der Waals surface area contributed by atoms with Crippen molar-refractivity contribution in [2.75, 3.05) is 0 Å². The highest BCUT2D eigenvalue weighted by Crippen LogP contribution is 2.23. The summed E-state index contributed by atoms with van der Waals surface area (Å²) in [5.74, 6) is -0.366. The number of fused-ring (bicyclic) bond motifs is 2. The summed E-state index contributed by atoms with van der Waals surface area (Å²) in [5.41, 5.74) is 8.61. The van der Waals surface area contributed by atoms with Gasteiger partial charge in [-0.15, -0.1) is 0 Å². The molecule has 3 atom stereocenters. The molecule has 0 radical (unpaired) electrons. The molecule has 32 heavy (non-hydrogen) atoms. The number of aliphatic hydroxyl groups is 1. The van der Waals surface area contributed by atoms with Crippen molar-refractivity contribution in [3.8, 4) is 0 Å². The number of aliphatic hydroxyl groups excluding tert-OH is 1. The summed E-state index contributed by atoms with van der Waals surface area (Å²) in [7, 11) is 0. The third kappa shape index (κ3) is 4.93. The number of hydrogen-bond donors (Lipinski definition) is 3. The van der Waals surface area contributed by atoms with Crippen LogP contribution in [0, 0.1) is 5.82 Å². The molecule has 4 aromatic rings. The molecule has 8 heteroatoms. The third-order valence-electron chi connectivity index (χ3n) is 5.80. The van der Waals surface area contributed by atoms with E-state index in [1.165, 1.54) is 6.07 Å². The molecular formula is C24H27F2N5O. The van der Waals surface area contributed by atoms with Crippen molar-refractivity contribution in [2.45, 2.75) is 50.7 Å². The minimum Gasteiger partial charge on any atom is -0.391 e. The van der Waals surface area contributed by atoms with Crippen LogP contribution >= 0.6 is 0 Å². The van der Waals surface area contributed by atoms with E-state index in [0.29, 0.717) is 36.9 Å². The second kappa shape index (κ2) is 10.1. The highest BCUT2D eigenvalue weighted by atomic mass is 19.1. The van der Waals surface area contributed by atoms with Crippen LogP contribution in [0.3, 0.4) is 0 Å². The molecule has 1 aliphatic rings. The Morgan fingerprint density at radius 3 is 2.78 bits per heavy atom. The van der Waals surface area contributed by atoms with Gasteiger partial charge in [-0.3, -0.25) is 4.98 Å². The summed E-state index contributed by atoms with van der Waals surface area (Å²) >= 11 is 0. The average molecular weight is 440 g/mol. The van der Waals surface area contributed by atoms with Crippen LogP contribution in [0.5, 0.6) is 0 Å². The van der Waals surface area contributed by atoms with Gasteiger partial charge >= 0.3 is 0 Å². The van der Waals surface area contributed by atoms with Gasteiger partial charge in [0.15, 0.2) is 0 Å². The van der Waals surface area contributed by atoms with E-state index in [1.54, 1.807) is 24.5 Å². The van der Waals surface area contributed by atoms with Gasteiger partial charge in [-0.1, -0.05) is 12.1 Å². The van der Waals surface area contributed by atoms with Crippen molar-refractivity contribution in [3.63, 3.8) is 0 Å². The molecule has 3 unspecified atom stereocenters. The maximum Gasteiger partial charge on any atom is 0.141 e. The average Bonchev–Trinajstić information content (AvgIpc) is 3.28. The van der Waals surface area contributed by atoms with Gasteiger partial charge in [-0.25, -0.2) is 13.8 Å². The Morgan fingerprint density at radius 2 is 1.97 bits per heavy atom. The van der Waals surface area contributed by atoms with Crippen LogP contribution in [0.15, 0.2) is 61.2 Å². The first-order chi connectivity index (χ1) is 15.6. The van der Waals surface area contributed by atoms with Gasteiger partial charge < -0.3 is 20.6 Å². The molecule has 4 N–H and O–H groups in total. The molecule has 0 spiro atoms. The molecule has 168 valence electrons. The van der Waals surface area contributed by atoms with Crippen LogP contribution in [0.2, 0.25) is 0 Å². The van der Waals surface area contributed by atoms with Crippen molar-refractivity contribution >= 4 is 16.6 Å². The first kappa shape index (κ1) is 22.3. The standard InChI is InChI=1S/C16H18F2N2O.C8H9N3/c17-12-4-1-5-15(21)16(12)20-9-11-7-10-3-2-6-19-14(10)8-13(11)18;9-6-7-2-1-4-11-5-3-10-8(7)11/h2-3,6-8,12,15-16,20-21H,1,4-5,9H2;1-5H,6,9H2. The molecule has 0 bridgehead atoms. The molecule has 0 amide bonds. The quantitative estimate of drug-likeness (QED) is 0.453. The van der Waals surface area contributed by atoms with Crippen molar-refractivity contribution in [2.24, 2.45) is 5.73 Å². The highest BCUT2D eigenvalue weighted by molar-refractivity contribution is 5.79. The van der Waals surface area contributed by atoms with Gasteiger partial charge in [0.2, 0.25) is 0 Å². The van der Waals surface area contributed by atoms with Gasteiger partial charge in [-0.2, -0.15) is 0 Å². The van der Waals surface area contributed by atoms with E-state index in [-0.39, 0.29) is 12.4 Å². The Bertz CT molecular complexity index is 1170. The van der Waals surface area contributed by atoms with Crippen LogP contribution in [0.4, 0.5) is 8.78 Å². The molecule has 1 aromatic carbocycles. The molecule has 1 saturated carbocycles. The topological polar surface area (TPSA) is 88.5 Å². The predicted octanol–water partition coefficient (Wildman–Crippen LogP) is 3.51. The summed E-state index contributed by atoms with van der Waals surface area (Å²) in [6.07, 6.45) is 7.19. The van der Waals surface area contributed by atoms with Gasteiger partial charge in [0, 0.05) is 60.5 Å². The number of benzene rings is 1. The predicted molar refractivity (Wildman–Crippen MR) is 120 cm³/mol. The number of aromatic nitrogens is 3. The summed E-state index contributed by atoms with van der Waals surface area (Å²) in [6.45, 7) is 0.736. The number of hydrogen-bond acceptors (Lipinski definition) is 5. The first-order valence-electron chi connectivity index (χ1n) is 10.8. The number of imidazole rings is 1. The number of pyridine rings is 2. The van der Waals surface area contributed by atoms with E-state index in [2.05, 4.69) is 15.3 Å². The Labute approximate surface area is 185 Å². The second-order valence-corrected chi connectivity index (χ2v) is 7.96. The molecule has 6 nitrogen and oxygen atoms in total. The summed E-state index contributed by atoms with van der Waals surface area (Å²) in [5, 5.41) is 13.7. The minimum atomic E-state index is -1.08. The Morgan fingerprint density at radius 1 is 1.09 bits per heavy atom. The summed E-state index contributed by atoms with van der Waals surface area (Å²) in [6, 6.07) is 10.1. The molecule has 3 heterocycles.